The minimum absolute atomic E-state index is 0.125. The van der Waals surface area contributed by atoms with E-state index in [0.717, 1.165) is 6.20 Å². The SMILES string of the molecule is CCOC(=O)c1cn[nH]c1S(=O)(=O)NC(C)(CC)CO. The standard InChI is InChI=1S/C11H19N3O5S/c1-4-11(3,7-15)14-20(17,18)9-8(6-12-13-9)10(16)19-5-2/h6,14-15H,4-5,7H2,1-3H3,(H,12,13). The molecule has 1 unspecified atom stereocenters. The number of aromatic amines is 1. The molecule has 1 aromatic heterocycles. The molecular weight excluding hydrogens is 286 g/mol. The molecule has 0 spiro atoms. The lowest BCUT2D eigenvalue weighted by molar-refractivity contribution is 0.0521. The van der Waals surface area contributed by atoms with Crippen molar-refractivity contribution in [1.29, 1.82) is 0 Å². The number of nitrogens with zero attached hydrogens (tertiary/aromatic N) is 1. The van der Waals surface area contributed by atoms with Crippen LogP contribution in [0.4, 0.5) is 0 Å². The van der Waals surface area contributed by atoms with Crippen molar-refractivity contribution in [2.75, 3.05) is 13.2 Å². The molecule has 1 heterocycles. The molecule has 0 aliphatic carbocycles. The summed E-state index contributed by atoms with van der Waals surface area (Å²) in [6, 6.07) is 0. The average molecular weight is 305 g/mol. The molecule has 8 nitrogen and oxygen atoms in total. The molecule has 0 bridgehead atoms. The van der Waals surface area contributed by atoms with Gasteiger partial charge < -0.3 is 9.84 Å². The number of esters is 1. The molecule has 3 N–H and O–H groups in total. The molecule has 0 aromatic carbocycles. The van der Waals surface area contributed by atoms with Crippen molar-refractivity contribution in [3.63, 3.8) is 0 Å². The number of rotatable bonds is 7. The molecule has 0 aliphatic heterocycles. The fraction of sp³-hybridized carbons (Fsp3) is 0.636. The number of nitrogens with one attached hydrogen (secondary N) is 2. The zero-order chi connectivity index (χ0) is 15.4. The number of aromatic nitrogens is 2. The Labute approximate surface area is 117 Å². The second-order valence-corrected chi connectivity index (χ2v) is 6.13. The number of hydrogen-bond donors (Lipinski definition) is 3. The van der Waals surface area contributed by atoms with E-state index in [1.807, 2.05) is 0 Å². The van der Waals surface area contributed by atoms with Crippen LogP contribution in [0.2, 0.25) is 0 Å². The van der Waals surface area contributed by atoms with Crippen LogP contribution in [0.15, 0.2) is 11.2 Å². The van der Waals surface area contributed by atoms with Gasteiger partial charge in [-0.15, -0.1) is 0 Å². The fourth-order valence-electron chi connectivity index (χ4n) is 1.43. The third-order valence-electron chi connectivity index (χ3n) is 2.88. The first-order chi connectivity index (χ1) is 9.29. The van der Waals surface area contributed by atoms with E-state index in [1.54, 1.807) is 20.8 Å². The quantitative estimate of drug-likeness (QED) is 0.611. The van der Waals surface area contributed by atoms with E-state index in [9.17, 15) is 18.3 Å². The molecule has 1 atom stereocenters. The van der Waals surface area contributed by atoms with Crippen LogP contribution < -0.4 is 4.72 Å². The molecular formula is C11H19N3O5S. The minimum atomic E-state index is -4.02. The van der Waals surface area contributed by atoms with Gasteiger partial charge in [-0.3, -0.25) is 5.10 Å². The van der Waals surface area contributed by atoms with Crippen LogP contribution >= 0.6 is 0 Å². The Kier molecular flexibility index (Phi) is 5.26. The van der Waals surface area contributed by atoms with Crippen molar-refractivity contribution in [2.45, 2.75) is 37.8 Å². The van der Waals surface area contributed by atoms with E-state index in [4.69, 9.17) is 4.74 Å². The topological polar surface area (TPSA) is 121 Å². The van der Waals surface area contributed by atoms with Gasteiger partial charge in [0.15, 0.2) is 5.03 Å². The first-order valence-corrected chi connectivity index (χ1v) is 7.63. The molecule has 0 saturated heterocycles. The number of carbonyl (C=O) groups excluding carboxylic acids is 1. The summed E-state index contributed by atoms with van der Waals surface area (Å²) in [5.74, 6) is -0.774. The van der Waals surface area contributed by atoms with Crippen LogP contribution in [0.1, 0.15) is 37.6 Å². The number of sulfonamides is 1. The summed E-state index contributed by atoms with van der Waals surface area (Å²) < 4.78 is 31.6. The number of aliphatic hydroxyl groups is 1. The van der Waals surface area contributed by atoms with Crippen LogP contribution in [0.5, 0.6) is 0 Å². The summed E-state index contributed by atoms with van der Waals surface area (Å²) in [6.45, 7) is 4.67. The number of H-pyrrole nitrogens is 1. The first kappa shape index (κ1) is 16.6. The number of aliphatic hydroxyl groups excluding tert-OH is 1. The van der Waals surface area contributed by atoms with E-state index in [2.05, 4.69) is 14.9 Å². The molecule has 20 heavy (non-hydrogen) atoms. The van der Waals surface area contributed by atoms with Crippen molar-refractivity contribution in [2.24, 2.45) is 0 Å². The first-order valence-electron chi connectivity index (χ1n) is 6.15. The van der Waals surface area contributed by atoms with Gasteiger partial charge in [-0.2, -0.15) is 5.10 Å². The summed E-state index contributed by atoms with van der Waals surface area (Å²) in [5, 5.41) is 14.7. The predicted molar refractivity (Wildman–Crippen MR) is 70.6 cm³/mol. The van der Waals surface area contributed by atoms with Crippen LogP contribution in [-0.4, -0.2) is 48.4 Å². The highest BCUT2D eigenvalue weighted by atomic mass is 32.2. The van der Waals surface area contributed by atoms with Gasteiger partial charge in [0.25, 0.3) is 10.0 Å². The molecule has 114 valence electrons. The number of ether oxygens (including phenoxy) is 1. The fourth-order valence-corrected chi connectivity index (χ4v) is 2.98. The van der Waals surface area contributed by atoms with Crippen LogP contribution in [0.3, 0.4) is 0 Å². The van der Waals surface area contributed by atoms with Gasteiger partial charge in [-0.25, -0.2) is 17.9 Å². The maximum absolute atomic E-state index is 12.3. The molecule has 9 heteroatoms. The average Bonchev–Trinajstić information content (AvgIpc) is 2.88. The summed E-state index contributed by atoms with van der Waals surface area (Å²) in [7, 11) is -4.02. The van der Waals surface area contributed by atoms with E-state index in [-0.39, 0.29) is 23.8 Å². The van der Waals surface area contributed by atoms with E-state index < -0.39 is 21.5 Å². The van der Waals surface area contributed by atoms with Gasteiger partial charge in [-0.1, -0.05) is 6.92 Å². The van der Waals surface area contributed by atoms with Crippen molar-refractivity contribution in [1.82, 2.24) is 14.9 Å². The second kappa shape index (κ2) is 6.33. The van der Waals surface area contributed by atoms with Crippen LogP contribution in [-0.2, 0) is 14.8 Å². The maximum atomic E-state index is 12.3. The molecule has 0 aliphatic rings. The predicted octanol–water partition coefficient (Wildman–Crippen LogP) is 0.0257. The Hall–Kier alpha value is -1.45. The van der Waals surface area contributed by atoms with Gasteiger partial charge in [0.05, 0.1) is 24.9 Å². The molecule has 0 saturated carbocycles. The summed E-state index contributed by atoms with van der Waals surface area (Å²) >= 11 is 0. The zero-order valence-corrected chi connectivity index (χ0v) is 12.5. The third kappa shape index (κ3) is 3.56. The Morgan fingerprint density at radius 1 is 1.55 bits per heavy atom. The van der Waals surface area contributed by atoms with Crippen molar-refractivity contribution in [3.05, 3.63) is 11.8 Å². The highest BCUT2D eigenvalue weighted by Crippen LogP contribution is 2.17. The Bertz CT molecular complexity index is 562. The Balaban J connectivity index is 3.11. The van der Waals surface area contributed by atoms with Gasteiger partial charge in [0.2, 0.25) is 0 Å². The normalized spacial score (nSPS) is 14.8. The second-order valence-electron chi connectivity index (χ2n) is 4.51. The van der Waals surface area contributed by atoms with Crippen LogP contribution in [0.25, 0.3) is 0 Å². The molecule has 0 amide bonds. The lowest BCUT2D eigenvalue weighted by atomic mass is 10.0. The zero-order valence-electron chi connectivity index (χ0n) is 11.6. The molecule has 1 rings (SSSR count). The lowest BCUT2D eigenvalue weighted by Gasteiger charge is -2.26. The minimum Gasteiger partial charge on any atom is -0.462 e. The monoisotopic (exact) mass is 305 g/mol. The lowest BCUT2D eigenvalue weighted by Crippen LogP contribution is -2.48. The highest BCUT2D eigenvalue weighted by Gasteiger charge is 2.32. The Morgan fingerprint density at radius 2 is 2.20 bits per heavy atom. The summed E-state index contributed by atoms with van der Waals surface area (Å²) in [6.07, 6.45) is 1.47. The number of hydrogen-bond acceptors (Lipinski definition) is 6. The van der Waals surface area contributed by atoms with E-state index >= 15 is 0 Å². The summed E-state index contributed by atoms with van der Waals surface area (Å²) in [4.78, 5) is 11.7. The third-order valence-corrected chi connectivity index (χ3v) is 4.49. The molecule has 0 radical (unpaired) electrons. The van der Waals surface area contributed by atoms with Gasteiger partial charge in [0.1, 0.15) is 5.56 Å². The molecule has 0 fully saturated rings. The highest BCUT2D eigenvalue weighted by molar-refractivity contribution is 7.89. The van der Waals surface area contributed by atoms with Crippen molar-refractivity contribution >= 4 is 16.0 Å². The van der Waals surface area contributed by atoms with Gasteiger partial charge in [-0.05, 0) is 20.3 Å². The smallest absolute Gasteiger partial charge is 0.342 e. The van der Waals surface area contributed by atoms with Crippen molar-refractivity contribution in [3.8, 4) is 0 Å². The van der Waals surface area contributed by atoms with E-state index in [1.165, 1.54) is 0 Å². The van der Waals surface area contributed by atoms with E-state index in [0.29, 0.717) is 6.42 Å². The maximum Gasteiger partial charge on any atom is 0.342 e. The van der Waals surface area contributed by atoms with Crippen molar-refractivity contribution < 1.29 is 23.1 Å². The summed E-state index contributed by atoms with van der Waals surface area (Å²) in [5.41, 5.74) is -1.19. The van der Waals surface area contributed by atoms with Gasteiger partial charge >= 0.3 is 5.97 Å². The largest absolute Gasteiger partial charge is 0.462 e. The number of carbonyl (C=O) groups is 1. The Morgan fingerprint density at radius 3 is 2.70 bits per heavy atom. The van der Waals surface area contributed by atoms with Crippen LogP contribution in [0, 0.1) is 0 Å². The van der Waals surface area contributed by atoms with Gasteiger partial charge in [0, 0.05) is 0 Å². The molecule has 1 aromatic rings.